The SMILES string of the molecule is Cc1cccnc1NC(=O)C1CCN(S(=O)(=O)c2cccnc2)CC1. The van der Waals surface area contributed by atoms with Crippen molar-refractivity contribution in [2.75, 3.05) is 18.4 Å². The fourth-order valence-corrected chi connectivity index (χ4v) is 4.28. The first kappa shape index (κ1) is 17.5. The Bertz CT molecular complexity index is 847. The highest BCUT2D eigenvalue weighted by atomic mass is 32.2. The van der Waals surface area contributed by atoms with E-state index in [9.17, 15) is 13.2 Å². The summed E-state index contributed by atoms with van der Waals surface area (Å²) in [5.41, 5.74) is 0.896. The number of anilines is 1. The molecule has 132 valence electrons. The Morgan fingerprint density at radius 2 is 1.92 bits per heavy atom. The van der Waals surface area contributed by atoms with Gasteiger partial charge in [0, 0.05) is 37.6 Å². The molecule has 1 aliphatic heterocycles. The zero-order valence-corrected chi connectivity index (χ0v) is 14.7. The van der Waals surface area contributed by atoms with Crippen molar-refractivity contribution in [3.63, 3.8) is 0 Å². The molecule has 2 aromatic heterocycles. The van der Waals surface area contributed by atoms with Gasteiger partial charge in [0.15, 0.2) is 0 Å². The van der Waals surface area contributed by atoms with Crippen molar-refractivity contribution in [2.45, 2.75) is 24.7 Å². The van der Waals surface area contributed by atoms with E-state index in [1.54, 1.807) is 12.3 Å². The van der Waals surface area contributed by atoms with Crippen LogP contribution in [0.2, 0.25) is 0 Å². The van der Waals surface area contributed by atoms with Gasteiger partial charge in [-0.25, -0.2) is 13.4 Å². The molecule has 0 radical (unpaired) electrons. The van der Waals surface area contributed by atoms with Gasteiger partial charge in [0.1, 0.15) is 10.7 Å². The number of piperidine rings is 1. The van der Waals surface area contributed by atoms with E-state index in [0.29, 0.717) is 31.7 Å². The molecule has 0 unspecified atom stereocenters. The second kappa shape index (κ2) is 7.28. The van der Waals surface area contributed by atoms with Crippen LogP contribution in [0.3, 0.4) is 0 Å². The fraction of sp³-hybridized carbons (Fsp3) is 0.353. The summed E-state index contributed by atoms with van der Waals surface area (Å²) in [7, 11) is -3.55. The summed E-state index contributed by atoms with van der Waals surface area (Å²) in [5.74, 6) is 0.222. The normalized spacial score (nSPS) is 16.5. The summed E-state index contributed by atoms with van der Waals surface area (Å²) in [5, 5.41) is 2.84. The highest BCUT2D eigenvalue weighted by Gasteiger charge is 2.32. The number of aryl methyl sites for hydroxylation is 1. The molecular weight excluding hydrogens is 340 g/mol. The van der Waals surface area contributed by atoms with Crippen molar-refractivity contribution in [1.29, 1.82) is 0 Å². The molecule has 25 heavy (non-hydrogen) atoms. The number of hydrogen-bond donors (Lipinski definition) is 1. The second-order valence-corrected chi connectivity index (χ2v) is 7.96. The zero-order valence-electron chi connectivity index (χ0n) is 13.9. The molecule has 1 amide bonds. The van der Waals surface area contributed by atoms with Gasteiger partial charge in [-0.2, -0.15) is 4.31 Å². The van der Waals surface area contributed by atoms with Gasteiger partial charge in [0.05, 0.1) is 0 Å². The molecule has 3 heterocycles. The lowest BCUT2D eigenvalue weighted by molar-refractivity contribution is -0.120. The van der Waals surface area contributed by atoms with Crippen molar-refractivity contribution < 1.29 is 13.2 Å². The van der Waals surface area contributed by atoms with E-state index >= 15 is 0 Å². The molecular formula is C17H20N4O3S. The van der Waals surface area contributed by atoms with Crippen LogP contribution in [-0.4, -0.2) is 41.7 Å². The van der Waals surface area contributed by atoms with Gasteiger partial charge in [0.2, 0.25) is 15.9 Å². The lowest BCUT2D eigenvalue weighted by Crippen LogP contribution is -2.41. The first-order valence-corrected chi connectivity index (χ1v) is 9.55. The van der Waals surface area contributed by atoms with Crippen molar-refractivity contribution in [3.05, 3.63) is 48.4 Å². The van der Waals surface area contributed by atoms with Gasteiger partial charge < -0.3 is 5.32 Å². The fourth-order valence-electron chi connectivity index (χ4n) is 2.84. The van der Waals surface area contributed by atoms with Crippen LogP contribution in [0.15, 0.2) is 47.8 Å². The summed E-state index contributed by atoms with van der Waals surface area (Å²) in [6, 6.07) is 6.83. The Morgan fingerprint density at radius 3 is 2.56 bits per heavy atom. The predicted octanol–water partition coefficient (Wildman–Crippen LogP) is 1.82. The number of carbonyl (C=O) groups excluding carboxylic acids is 1. The molecule has 1 fully saturated rings. The van der Waals surface area contributed by atoms with E-state index in [4.69, 9.17) is 0 Å². The molecule has 0 aromatic carbocycles. The average Bonchev–Trinajstić information content (AvgIpc) is 2.64. The minimum atomic E-state index is -3.55. The van der Waals surface area contributed by atoms with Crippen LogP contribution in [-0.2, 0) is 14.8 Å². The molecule has 7 nitrogen and oxygen atoms in total. The van der Waals surface area contributed by atoms with Crippen LogP contribution >= 0.6 is 0 Å². The number of aromatic nitrogens is 2. The number of carbonyl (C=O) groups is 1. The summed E-state index contributed by atoms with van der Waals surface area (Å²) in [6.45, 7) is 2.51. The molecule has 2 aromatic rings. The van der Waals surface area contributed by atoms with Crippen molar-refractivity contribution in [2.24, 2.45) is 5.92 Å². The number of nitrogens with one attached hydrogen (secondary N) is 1. The smallest absolute Gasteiger partial charge is 0.244 e. The summed E-state index contributed by atoms with van der Waals surface area (Å²) < 4.78 is 26.6. The van der Waals surface area contributed by atoms with E-state index in [2.05, 4.69) is 15.3 Å². The molecule has 1 saturated heterocycles. The zero-order chi connectivity index (χ0) is 17.9. The van der Waals surface area contributed by atoms with E-state index in [0.717, 1.165) is 5.56 Å². The van der Waals surface area contributed by atoms with Gasteiger partial charge in [-0.3, -0.25) is 9.78 Å². The predicted molar refractivity (Wildman–Crippen MR) is 93.3 cm³/mol. The lowest BCUT2D eigenvalue weighted by Gasteiger charge is -2.30. The number of nitrogens with zero attached hydrogens (tertiary/aromatic N) is 3. The first-order valence-electron chi connectivity index (χ1n) is 8.11. The molecule has 0 bridgehead atoms. The third-order valence-corrected chi connectivity index (χ3v) is 6.23. The molecule has 8 heteroatoms. The highest BCUT2D eigenvalue weighted by Crippen LogP contribution is 2.24. The molecule has 1 aliphatic rings. The number of rotatable bonds is 4. The topological polar surface area (TPSA) is 92.3 Å². The molecule has 1 N–H and O–H groups in total. The largest absolute Gasteiger partial charge is 0.310 e. The number of pyridine rings is 2. The Hall–Kier alpha value is -2.32. The Morgan fingerprint density at radius 1 is 1.20 bits per heavy atom. The Kier molecular flexibility index (Phi) is 5.10. The monoisotopic (exact) mass is 360 g/mol. The molecule has 3 rings (SSSR count). The molecule has 0 spiro atoms. The van der Waals surface area contributed by atoms with Crippen LogP contribution < -0.4 is 5.32 Å². The van der Waals surface area contributed by atoms with E-state index < -0.39 is 10.0 Å². The van der Waals surface area contributed by atoms with Gasteiger partial charge in [-0.15, -0.1) is 0 Å². The minimum Gasteiger partial charge on any atom is -0.310 e. The maximum absolute atomic E-state index is 12.6. The van der Waals surface area contributed by atoms with Crippen molar-refractivity contribution >= 4 is 21.7 Å². The number of amides is 1. The van der Waals surface area contributed by atoms with Crippen LogP contribution in [0.25, 0.3) is 0 Å². The third-order valence-electron chi connectivity index (χ3n) is 4.35. The average molecular weight is 360 g/mol. The highest BCUT2D eigenvalue weighted by molar-refractivity contribution is 7.89. The summed E-state index contributed by atoms with van der Waals surface area (Å²) in [4.78, 5) is 20.6. The minimum absolute atomic E-state index is 0.111. The molecule has 0 aliphatic carbocycles. The molecule has 0 saturated carbocycles. The summed E-state index contributed by atoms with van der Waals surface area (Å²) >= 11 is 0. The number of hydrogen-bond acceptors (Lipinski definition) is 5. The second-order valence-electron chi connectivity index (χ2n) is 6.03. The molecule has 0 atom stereocenters. The maximum atomic E-state index is 12.6. The maximum Gasteiger partial charge on any atom is 0.244 e. The van der Waals surface area contributed by atoms with Gasteiger partial charge in [0.25, 0.3) is 0 Å². The van der Waals surface area contributed by atoms with E-state index in [-0.39, 0.29) is 16.7 Å². The third kappa shape index (κ3) is 3.85. The van der Waals surface area contributed by atoms with Gasteiger partial charge in [-0.1, -0.05) is 6.07 Å². The van der Waals surface area contributed by atoms with Crippen LogP contribution in [0, 0.1) is 12.8 Å². The van der Waals surface area contributed by atoms with Crippen LogP contribution in [0.1, 0.15) is 18.4 Å². The Labute approximate surface area is 147 Å². The van der Waals surface area contributed by atoms with Gasteiger partial charge >= 0.3 is 0 Å². The summed E-state index contributed by atoms with van der Waals surface area (Å²) in [6.07, 6.45) is 5.48. The van der Waals surface area contributed by atoms with Crippen LogP contribution in [0.4, 0.5) is 5.82 Å². The lowest BCUT2D eigenvalue weighted by atomic mass is 9.97. The van der Waals surface area contributed by atoms with Crippen LogP contribution in [0.5, 0.6) is 0 Å². The van der Waals surface area contributed by atoms with E-state index in [1.807, 2.05) is 19.1 Å². The first-order chi connectivity index (χ1) is 12.0. The van der Waals surface area contributed by atoms with Gasteiger partial charge in [-0.05, 0) is 43.5 Å². The quantitative estimate of drug-likeness (QED) is 0.898. The van der Waals surface area contributed by atoms with Crippen molar-refractivity contribution in [3.8, 4) is 0 Å². The van der Waals surface area contributed by atoms with Crippen molar-refractivity contribution in [1.82, 2.24) is 14.3 Å². The standard InChI is InChI=1S/C17H20N4O3S/c1-13-4-2-9-19-16(13)20-17(22)14-6-10-21(11-7-14)25(23,24)15-5-3-8-18-12-15/h2-5,8-9,12,14H,6-7,10-11H2,1H3,(H,19,20,22). The Balaban J connectivity index is 1.62. The number of sulfonamides is 1. The van der Waals surface area contributed by atoms with E-state index in [1.165, 1.54) is 22.8 Å².